The fraction of sp³-hybridized carbons (Fsp3) is 0.529. The third kappa shape index (κ3) is 5.45. The van der Waals surface area contributed by atoms with Gasteiger partial charge >= 0.3 is 12.0 Å². The van der Waals surface area contributed by atoms with Crippen LogP contribution < -0.4 is 5.32 Å². The van der Waals surface area contributed by atoms with Gasteiger partial charge in [-0.15, -0.1) is 0 Å². The molecule has 1 unspecified atom stereocenters. The van der Waals surface area contributed by atoms with Crippen LogP contribution in [0.4, 0.5) is 4.79 Å². The molecule has 1 atom stereocenters. The lowest BCUT2D eigenvalue weighted by molar-refractivity contribution is -0.138. The van der Waals surface area contributed by atoms with Crippen LogP contribution in [0.2, 0.25) is 0 Å². The fourth-order valence-corrected chi connectivity index (χ4v) is 3.92. The third-order valence-electron chi connectivity index (χ3n) is 4.35. The lowest BCUT2D eigenvalue weighted by Crippen LogP contribution is -2.45. The largest absolute Gasteiger partial charge is 0.481 e. The highest BCUT2D eigenvalue weighted by Crippen LogP contribution is 2.20. The molecule has 2 amide bonds. The minimum atomic E-state index is -3.28. The Kier molecular flexibility index (Phi) is 6.41. The van der Waals surface area contributed by atoms with Crippen molar-refractivity contribution in [3.63, 3.8) is 0 Å². The molecule has 0 bridgehead atoms. The molecule has 0 saturated carbocycles. The van der Waals surface area contributed by atoms with Crippen LogP contribution in [-0.2, 0) is 21.2 Å². The van der Waals surface area contributed by atoms with E-state index in [1.807, 2.05) is 0 Å². The van der Waals surface area contributed by atoms with Gasteiger partial charge in [-0.25, -0.2) is 13.2 Å². The second-order valence-corrected chi connectivity index (χ2v) is 8.54. The number of sulfone groups is 1. The monoisotopic (exact) mass is 368 g/mol. The number of carboxylic acids is 1. The van der Waals surface area contributed by atoms with Gasteiger partial charge in [-0.2, -0.15) is 0 Å². The van der Waals surface area contributed by atoms with E-state index in [1.54, 1.807) is 36.1 Å². The first kappa shape index (κ1) is 19.2. The van der Waals surface area contributed by atoms with Crippen LogP contribution in [0.5, 0.6) is 0 Å². The SMILES string of the molecule is CCS(=O)(=O)c1cccc(CNC(=O)N2CCCC(CC(=O)O)C2)c1. The Labute approximate surface area is 147 Å². The van der Waals surface area contributed by atoms with Gasteiger partial charge in [-0.1, -0.05) is 19.1 Å². The molecule has 25 heavy (non-hydrogen) atoms. The summed E-state index contributed by atoms with van der Waals surface area (Å²) in [4.78, 5) is 25.0. The first-order valence-electron chi connectivity index (χ1n) is 8.38. The minimum Gasteiger partial charge on any atom is -0.481 e. The maximum atomic E-state index is 12.3. The van der Waals surface area contributed by atoms with Gasteiger partial charge in [0.1, 0.15) is 0 Å². The average Bonchev–Trinajstić information content (AvgIpc) is 2.59. The van der Waals surface area contributed by atoms with E-state index in [0.29, 0.717) is 18.7 Å². The maximum absolute atomic E-state index is 12.3. The highest BCUT2D eigenvalue weighted by Gasteiger charge is 2.25. The zero-order valence-corrected chi connectivity index (χ0v) is 15.1. The lowest BCUT2D eigenvalue weighted by atomic mass is 9.95. The second kappa shape index (κ2) is 8.33. The molecule has 1 fully saturated rings. The molecule has 1 aliphatic heterocycles. The molecule has 8 heteroatoms. The van der Waals surface area contributed by atoms with E-state index in [2.05, 4.69) is 5.32 Å². The van der Waals surface area contributed by atoms with Crippen molar-refractivity contribution in [2.24, 2.45) is 5.92 Å². The molecular formula is C17H24N2O5S. The van der Waals surface area contributed by atoms with Crippen molar-refractivity contribution in [1.29, 1.82) is 0 Å². The number of rotatable bonds is 6. The number of nitrogens with one attached hydrogen (secondary N) is 1. The van der Waals surface area contributed by atoms with E-state index in [-0.39, 0.29) is 35.6 Å². The van der Waals surface area contributed by atoms with Crippen LogP contribution in [0.25, 0.3) is 0 Å². The minimum absolute atomic E-state index is 0.0185. The highest BCUT2D eigenvalue weighted by atomic mass is 32.2. The first-order valence-corrected chi connectivity index (χ1v) is 10.0. The van der Waals surface area contributed by atoms with Gasteiger partial charge in [0.2, 0.25) is 0 Å². The van der Waals surface area contributed by atoms with Crippen LogP contribution in [0.3, 0.4) is 0 Å². The van der Waals surface area contributed by atoms with Crippen molar-refractivity contribution in [1.82, 2.24) is 10.2 Å². The Morgan fingerprint density at radius 2 is 2.12 bits per heavy atom. The molecule has 2 N–H and O–H groups in total. The van der Waals surface area contributed by atoms with Crippen molar-refractivity contribution >= 4 is 21.8 Å². The normalized spacial score (nSPS) is 18.0. The fourth-order valence-electron chi connectivity index (χ4n) is 2.97. The number of amides is 2. The van der Waals surface area contributed by atoms with E-state index >= 15 is 0 Å². The quantitative estimate of drug-likeness (QED) is 0.798. The number of benzene rings is 1. The summed E-state index contributed by atoms with van der Waals surface area (Å²) >= 11 is 0. The molecule has 1 aliphatic rings. The van der Waals surface area contributed by atoms with E-state index in [9.17, 15) is 18.0 Å². The lowest BCUT2D eigenvalue weighted by Gasteiger charge is -2.32. The van der Waals surface area contributed by atoms with Gasteiger partial charge in [0.25, 0.3) is 0 Å². The van der Waals surface area contributed by atoms with Gasteiger partial charge in [0.15, 0.2) is 9.84 Å². The topological polar surface area (TPSA) is 104 Å². The number of piperidine rings is 1. The van der Waals surface area contributed by atoms with E-state index in [1.165, 1.54) is 0 Å². The molecule has 1 heterocycles. The molecule has 2 rings (SSSR count). The van der Waals surface area contributed by atoms with Crippen LogP contribution in [-0.4, -0.2) is 49.3 Å². The molecule has 0 aliphatic carbocycles. The summed E-state index contributed by atoms with van der Waals surface area (Å²) in [6.07, 6.45) is 1.67. The van der Waals surface area contributed by atoms with Crippen LogP contribution in [0.15, 0.2) is 29.2 Å². The Balaban J connectivity index is 1.94. The van der Waals surface area contributed by atoms with Crippen molar-refractivity contribution in [2.75, 3.05) is 18.8 Å². The van der Waals surface area contributed by atoms with Gasteiger partial charge in [0, 0.05) is 26.1 Å². The smallest absolute Gasteiger partial charge is 0.317 e. The number of carbonyl (C=O) groups excluding carboxylic acids is 1. The maximum Gasteiger partial charge on any atom is 0.317 e. The standard InChI is InChI=1S/C17H24N2O5S/c1-2-25(23,24)15-7-3-5-13(9-15)11-18-17(22)19-8-4-6-14(12-19)10-16(20)21/h3,5,7,9,14H,2,4,6,8,10-12H2,1H3,(H,18,22)(H,20,21). The average molecular weight is 368 g/mol. The number of aliphatic carboxylic acids is 1. The van der Waals surface area contributed by atoms with Gasteiger partial charge in [-0.05, 0) is 36.5 Å². The summed E-state index contributed by atoms with van der Waals surface area (Å²) in [6.45, 7) is 2.86. The van der Waals surface area contributed by atoms with Gasteiger partial charge in [-0.3, -0.25) is 4.79 Å². The number of hydrogen-bond acceptors (Lipinski definition) is 4. The molecule has 0 aromatic heterocycles. The number of carboxylic acid groups (broad SMARTS) is 1. The molecular weight excluding hydrogens is 344 g/mol. The summed E-state index contributed by atoms with van der Waals surface area (Å²) in [5.74, 6) is -0.835. The molecule has 1 saturated heterocycles. The summed E-state index contributed by atoms with van der Waals surface area (Å²) in [7, 11) is -3.28. The van der Waals surface area contributed by atoms with Crippen molar-refractivity contribution in [3.8, 4) is 0 Å². The van der Waals surface area contributed by atoms with Crippen LogP contribution >= 0.6 is 0 Å². The van der Waals surface area contributed by atoms with E-state index in [4.69, 9.17) is 5.11 Å². The summed E-state index contributed by atoms with van der Waals surface area (Å²) < 4.78 is 23.8. The van der Waals surface area contributed by atoms with Gasteiger partial charge < -0.3 is 15.3 Å². The predicted octanol–water partition coefficient (Wildman–Crippen LogP) is 1.88. The number of carbonyl (C=O) groups is 2. The van der Waals surface area contributed by atoms with Gasteiger partial charge in [0.05, 0.1) is 10.6 Å². The number of urea groups is 1. The van der Waals surface area contributed by atoms with E-state index in [0.717, 1.165) is 12.8 Å². The number of nitrogens with zero attached hydrogens (tertiary/aromatic N) is 1. The molecule has 138 valence electrons. The highest BCUT2D eigenvalue weighted by molar-refractivity contribution is 7.91. The Morgan fingerprint density at radius 3 is 2.80 bits per heavy atom. The number of hydrogen-bond donors (Lipinski definition) is 2. The molecule has 0 spiro atoms. The zero-order chi connectivity index (χ0) is 18.4. The molecule has 1 aromatic carbocycles. The molecule has 1 aromatic rings. The Morgan fingerprint density at radius 1 is 1.36 bits per heavy atom. The van der Waals surface area contributed by atoms with Crippen LogP contribution in [0.1, 0.15) is 31.7 Å². The first-order chi connectivity index (χ1) is 11.8. The summed E-state index contributed by atoms with van der Waals surface area (Å²) in [5, 5.41) is 11.7. The summed E-state index contributed by atoms with van der Waals surface area (Å²) in [6, 6.07) is 6.29. The second-order valence-electron chi connectivity index (χ2n) is 6.26. The molecule has 0 radical (unpaired) electrons. The Hall–Kier alpha value is -2.09. The molecule has 7 nitrogen and oxygen atoms in total. The van der Waals surface area contributed by atoms with E-state index < -0.39 is 15.8 Å². The summed E-state index contributed by atoms with van der Waals surface area (Å²) in [5.41, 5.74) is 0.710. The predicted molar refractivity (Wildman–Crippen MR) is 93.0 cm³/mol. The third-order valence-corrected chi connectivity index (χ3v) is 6.08. The van der Waals surface area contributed by atoms with Crippen LogP contribution in [0, 0.1) is 5.92 Å². The van der Waals surface area contributed by atoms with Crippen molar-refractivity contribution < 1.29 is 23.1 Å². The number of likely N-dealkylation sites (tertiary alicyclic amines) is 1. The van der Waals surface area contributed by atoms with Crippen molar-refractivity contribution in [3.05, 3.63) is 29.8 Å². The Bertz CT molecular complexity index is 732. The van der Waals surface area contributed by atoms with Crippen molar-refractivity contribution in [2.45, 2.75) is 37.6 Å². The zero-order valence-electron chi connectivity index (χ0n) is 14.3.